The standard InChI is InChI=1S/C11H18F3N3O/c12-11(13,14)6-16-10(18)17-4-7-2-1-3-9(15)8(7)5-17/h7-9H,1-6,15H2,(H,16,18). The maximum atomic E-state index is 12.0. The number of nitrogens with two attached hydrogens (primary N) is 1. The number of nitrogens with zero attached hydrogens (tertiary/aromatic N) is 1. The largest absolute Gasteiger partial charge is 0.405 e. The number of fused-ring (bicyclic) bond motifs is 1. The van der Waals surface area contributed by atoms with E-state index < -0.39 is 18.8 Å². The lowest BCUT2D eigenvalue weighted by Crippen LogP contribution is -2.43. The van der Waals surface area contributed by atoms with Crippen LogP contribution in [0, 0.1) is 11.8 Å². The van der Waals surface area contributed by atoms with Gasteiger partial charge in [0.2, 0.25) is 0 Å². The molecule has 18 heavy (non-hydrogen) atoms. The molecule has 4 nitrogen and oxygen atoms in total. The Balaban J connectivity index is 1.86. The molecule has 7 heteroatoms. The van der Waals surface area contributed by atoms with Crippen LogP contribution in [-0.2, 0) is 0 Å². The van der Waals surface area contributed by atoms with Crippen molar-refractivity contribution in [2.24, 2.45) is 17.6 Å². The lowest BCUT2D eigenvalue weighted by Gasteiger charge is -2.29. The lowest BCUT2D eigenvalue weighted by atomic mass is 9.78. The van der Waals surface area contributed by atoms with Crippen molar-refractivity contribution in [3.8, 4) is 0 Å². The maximum Gasteiger partial charge on any atom is 0.405 e. The number of halogens is 3. The number of rotatable bonds is 1. The molecular formula is C11H18F3N3O. The van der Waals surface area contributed by atoms with Gasteiger partial charge in [-0.05, 0) is 24.7 Å². The van der Waals surface area contributed by atoms with E-state index in [1.54, 1.807) is 0 Å². The Morgan fingerprint density at radius 1 is 1.33 bits per heavy atom. The van der Waals surface area contributed by atoms with Gasteiger partial charge >= 0.3 is 12.2 Å². The lowest BCUT2D eigenvalue weighted by molar-refractivity contribution is -0.123. The van der Waals surface area contributed by atoms with E-state index in [1.165, 1.54) is 4.90 Å². The van der Waals surface area contributed by atoms with Crippen LogP contribution in [0.15, 0.2) is 0 Å². The molecule has 1 saturated heterocycles. The summed E-state index contributed by atoms with van der Waals surface area (Å²) >= 11 is 0. The summed E-state index contributed by atoms with van der Waals surface area (Å²) in [7, 11) is 0. The van der Waals surface area contributed by atoms with Crippen LogP contribution in [0.3, 0.4) is 0 Å². The van der Waals surface area contributed by atoms with Crippen molar-refractivity contribution in [1.82, 2.24) is 10.2 Å². The molecular weight excluding hydrogens is 247 g/mol. The fourth-order valence-electron chi connectivity index (χ4n) is 2.97. The molecule has 0 radical (unpaired) electrons. The first-order chi connectivity index (χ1) is 8.37. The fraction of sp³-hybridized carbons (Fsp3) is 0.909. The summed E-state index contributed by atoms with van der Waals surface area (Å²) in [5.74, 6) is 0.598. The molecule has 2 amide bonds. The van der Waals surface area contributed by atoms with Crippen molar-refractivity contribution < 1.29 is 18.0 Å². The normalized spacial score (nSPS) is 32.2. The van der Waals surface area contributed by atoms with E-state index in [2.05, 4.69) is 0 Å². The van der Waals surface area contributed by atoms with Crippen LogP contribution in [0.5, 0.6) is 0 Å². The molecule has 1 aliphatic carbocycles. The molecule has 3 unspecified atom stereocenters. The van der Waals surface area contributed by atoms with Gasteiger partial charge in [-0.1, -0.05) is 6.42 Å². The summed E-state index contributed by atoms with van der Waals surface area (Å²) < 4.78 is 36.0. The molecule has 1 aliphatic heterocycles. The van der Waals surface area contributed by atoms with E-state index in [-0.39, 0.29) is 12.0 Å². The highest BCUT2D eigenvalue weighted by Crippen LogP contribution is 2.35. The predicted molar refractivity (Wildman–Crippen MR) is 59.8 cm³/mol. The molecule has 0 aromatic heterocycles. The summed E-state index contributed by atoms with van der Waals surface area (Å²) in [6.45, 7) is -0.263. The number of likely N-dealkylation sites (tertiary alicyclic amines) is 1. The van der Waals surface area contributed by atoms with Crippen molar-refractivity contribution in [3.63, 3.8) is 0 Å². The average molecular weight is 265 g/mol. The first-order valence-corrected chi connectivity index (χ1v) is 6.22. The molecule has 2 aliphatic rings. The molecule has 0 aromatic carbocycles. The van der Waals surface area contributed by atoms with Gasteiger partial charge in [0.25, 0.3) is 0 Å². The molecule has 1 heterocycles. The van der Waals surface area contributed by atoms with Crippen molar-refractivity contribution >= 4 is 6.03 Å². The van der Waals surface area contributed by atoms with Crippen molar-refractivity contribution in [2.45, 2.75) is 31.5 Å². The zero-order valence-electron chi connectivity index (χ0n) is 10.0. The van der Waals surface area contributed by atoms with Gasteiger partial charge < -0.3 is 16.0 Å². The fourth-order valence-corrected chi connectivity index (χ4v) is 2.97. The first-order valence-electron chi connectivity index (χ1n) is 6.22. The van der Waals surface area contributed by atoms with Crippen molar-refractivity contribution in [2.75, 3.05) is 19.6 Å². The topological polar surface area (TPSA) is 58.4 Å². The average Bonchev–Trinajstić information content (AvgIpc) is 2.70. The van der Waals surface area contributed by atoms with Crippen LogP contribution < -0.4 is 11.1 Å². The first kappa shape index (κ1) is 13.5. The number of hydrogen-bond acceptors (Lipinski definition) is 2. The van der Waals surface area contributed by atoms with Gasteiger partial charge in [0, 0.05) is 19.1 Å². The third kappa shape index (κ3) is 3.07. The number of nitrogens with one attached hydrogen (secondary N) is 1. The third-order valence-electron chi connectivity index (χ3n) is 3.88. The Morgan fingerprint density at radius 3 is 2.67 bits per heavy atom. The Bertz CT molecular complexity index is 321. The van der Waals surface area contributed by atoms with E-state index in [0.29, 0.717) is 19.0 Å². The monoisotopic (exact) mass is 265 g/mol. The molecule has 3 atom stereocenters. The quantitative estimate of drug-likeness (QED) is 0.751. The molecule has 0 aromatic rings. The van der Waals surface area contributed by atoms with Gasteiger partial charge in [-0.3, -0.25) is 0 Å². The predicted octanol–water partition coefficient (Wildman–Crippen LogP) is 1.32. The number of urea groups is 1. The number of carbonyl (C=O) groups is 1. The third-order valence-corrected chi connectivity index (χ3v) is 3.88. The number of amides is 2. The highest BCUT2D eigenvalue weighted by Gasteiger charge is 2.40. The number of carbonyl (C=O) groups excluding carboxylic acids is 1. The second kappa shape index (κ2) is 4.95. The minimum Gasteiger partial charge on any atom is -0.329 e. The number of alkyl halides is 3. The Kier molecular flexibility index (Phi) is 3.70. The van der Waals surface area contributed by atoms with Gasteiger partial charge in [-0.25, -0.2) is 4.79 Å². The van der Waals surface area contributed by atoms with Crippen LogP contribution in [0.2, 0.25) is 0 Å². The molecule has 0 spiro atoms. The van der Waals surface area contributed by atoms with Crippen LogP contribution in [0.1, 0.15) is 19.3 Å². The van der Waals surface area contributed by atoms with E-state index >= 15 is 0 Å². The van der Waals surface area contributed by atoms with Crippen LogP contribution >= 0.6 is 0 Å². The molecule has 1 saturated carbocycles. The van der Waals surface area contributed by atoms with Gasteiger partial charge in [-0.2, -0.15) is 13.2 Å². The Labute approximate surface area is 104 Å². The summed E-state index contributed by atoms with van der Waals surface area (Å²) in [5.41, 5.74) is 5.99. The highest BCUT2D eigenvalue weighted by atomic mass is 19.4. The highest BCUT2D eigenvalue weighted by molar-refractivity contribution is 5.74. The molecule has 3 N–H and O–H groups in total. The molecule has 0 bridgehead atoms. The minimum absolute atomic E-state index is 0.0733. The van der Waals surface area contributed by atoms with Crippen molar-refractivity contribution in [3.05, 3.63) is 0 Å². The summed E-state index contributed by atoms with van der Waals surface area (Å²) in [5, 5.41) is 1.91. The molecule has 2 rings (SSSR count). The van der Waals surface area contributed by atoms with Gasteiger partial charge in [0.05, 0.1) is 0 Å². The second-order valence-corrected chi connectivity index (χ2v) is 5.20. The van der Waals surface area contributed by atoms with Gasteiger partial charge in [0.1, 0.15) is 6.54 Å². The van der Waals surface area contributed by atoms with E-state index in [0.717, 1.165) is 19.3 Å². The molecule has 2 fully saturated rings. The second-order valence-electron chi connectivity index (χ2n) is 5.20. The zero-order valence-corrected chi connectivity index (χ0v) is 10.0. The summed E-state index contributed by atoms with van der Waals surface area (Å²) in [6, 6.07) is -0.557. The summed E-state index contributed by atoms with van der Waals surface area (Å²) in [6.07, 6.45) is -1.36. The smallest absolute Gasteiger partial charge is 0.329 e. The Morgan fingerprint density at radius 2 is 2.06 bits per heavy atom. The van der Waals surface area contributed by atoms with Crippen LogP contribution in [0.25, 0.3) is 0 Å². The zero-order chi connectivity index (χ0) is 13.3. The van der Waals surface area contributed by atoms with Crippen LogP contribution in [-0.4, -0.2) is 42.8 Å². The van der Waals surface area contributed by atoms with Gasteiger partial charge in [0.15, 0.2) is 0 Å². The van der Waals surface area contributed by atoms with E-state index in [4.69, 9.17) is 5.73 Å². The molecule has 104 valence electrons. The van der Waals surface area contributed by atoms with Gasteiger partial charge in [-0.15, -0.1) is 0 Å². The Hall–Kier alpha value is -0.980. The van der Waals surface area contributed by atoms with E-state index in [9.17, 15) is 18.0 Å². The summed E-state index contributed by atoms with van der Waals surface area (Å²) in [4.78, 5) is 13.1. The number of hydrogen-bond donors (Lipinski definition) is 2. The van der Waals surface area contributed by atoms with E-state index in [1.807, 2.05) is 5.32 Å². The maximum absolute atomic E-state index is 12.0. The van der Waals surface area contributed by atoms with Crippen molar-refractivity contribution in [1.29, 1.82) is 0 Å². The SMILES string of the molecule is NC1CCCC2CN(C(=O)NCC(F)(F)F)CC12. The minimum atomic E-state index is -4.36. The van der Waals surface area contributed by atoms with Crippen LogP contribution in [0.4, 0.5) is 18.0 Å².